The van der Waals surface area contributed by atoms with Crippen LogP contribution in [-0.4, -0.2) is 65.9 Å². The van der Waals surface area contributed by atoms with E-state index in [9.17, 15) is 14.4 Å². The maximum Gasteiger partial charge on any atom is 0.332 e. The van der Waals surface area contributed by atoms with Crippen LogP contribution in [0, 0.1) is 19.8 Å². The summed E-state index contributed by atoms with van der Waals surface area (Å²) in [6, 6.07) is 8.57. The number of nitrogens with zero attached hydrogens (tertiary/aromatic N) is 8. The van der Waals surface area contributed by atoms with E-state index in [0.717, 1.165) is 21.7 Å². The fourth-order valence-electron chi connectivity index (χ4n) is 4.86. The lowest BCUT2D eigenvalue weighted by Crippen LogP contribution is -2.31. The number of aryl methyl sites for hydroxylation is 2. The van der Waals surface area contributed by atoms with Crippen LogP contribution in [0.5, 0.6) is 0 Å². The van der Waals surface area contributed by atoms with Crippen LogP contribution in [-0.2, 0) is 9.59 Å². The van der Waals surface area contributed by atoms with E-state index in [1.807, 2.05) is 45.0 Å². The Balaban J connectivity index is 1.16. The molecule has 13 heteroatoms. The van der Waals surface area contributed by atoms with E-state index in [2.05, 4.69) is 30.6 Å². The summed E-state index contributed by atoms with van der Waals surface area (Å²) >= 11 is 0. The molecule has 40 heavy (non-hydrogen) atoms. The molecule has 204 valence electrons. The SMILES string of the molecule is Cc1cc(N2CC(=O)N(C)C2=O)n2nc([C@@H](C)Nc3cc(NC(=O)[C@H]4C[C@@H]4c4nccc(C)n4)ncn3)cc2c1. The first-order valence-corrected chi connectivity index (χ1v) is 13.0. The average Bonchev–Trinajstić information content (AvgIpc) is 3.55. The Morgan fingerprint density at radius 2 is 1.88 bits per heavy atom. The predicted molar refractivity (Wildman–Crippen MR) is 146 cm³/mol. The van der Waals surface area contributed by atoms with Gasteiger partial charge in [-0.25, -0.2) is 29.2 Å². The summed E-state index contributed by atoms with van der Waals surface area (Å²) in [5.41, 5.74) is 3.32. The number of rotatable bonds is 7. The van der Waals surface area contributed by atoms with Gasteiger partial charge < -0.3 is 10.6 Å². The van der Waals surface area contributed by atoms with Gasteiger partial charge in [0.15, 0.2) is 0 Å². The second-order valence-corrected chi connectivity index (χ2v) is 10.3. The van der Waals surface area contributed by atoms with Crippen LogP contribution in [0.2, 0.25) is 0 Å². The topological polar surface area (TPSA) is 151 Å². The van der Waals surface area contributed by atoms with Crippen molar-refractivity contribution < 1.29 is 14.4 Å². The van der Waals surface area contributed by atoms with Crippen molar-refractivity contribution in [3.63, 3.8) is 0 Å². The minimum Gasteiger partial charge on any atom is -0.362 e. The van der Waals surface area contributed by atoms with E-state index in [4.69, 9.17) is 5.10 Å². The molecule has 0 spiro atoms. The van der Waals surface area contributed by atoms with Crippen molar-refractivity contribution >= 4 is 40.8 Å². The largest absolute Gasteiger partial charge is 0.362 e. The molecule has 0 aromatic carbocycles. The highest BCUT2D eigenvalue weighted by Crippen LogP contribution is 2.46. The van der Waals surface area contributed by atoms with Crippen LogP contribution in [0.15, 0.2) is 42.9 Å². The third-order valence-electron chi connectivity index (χ3n) is 7.17. The standard InChI is InChI=1S/C27H28N10O3/c1-14-7-17-9-20(34-37(17)23(8-14)36-12-24(38)35(4)27(36)40)16(3)32-21-11-22(30-13-29-21)33-26(39)19-10-18(19)25-28-6-5-15(2)31-25/h5-9,11,13,16,18-19H,10,12H2,1-4H3,(H2,29,30,32,33,39)/t16-,18+,19+/m1/s1. The predicted octanol–water partition coefficient (Wildman–Crippen LogP) is 2.84. The van der Waals surface area contributed by atoms with Gasteiger partial charge in [0, 0.05) is 36.8 Å². The summed E-state index contributed by atoms with van der Waals surface area (Å²) in [5, 5.41) is 10.9. The second kappa shape index (κ2) is 9.67. The van der Waals surface area contributed by atoms with E-state index in [-0.39, 0.29) is 42.3 Å². The smallest absolute Gasteiger partial charge is 0.332 e. The van der Waals surface area contributed by atoms with Crippen LogP contribution in [0.3, 0.4) is 0 Å². The molecule has 4 aromatic rings. The Hall–Kier alpha value is -4.94. The maximum absolute atomic E-state index is 12.8. The highest BCUT2D eigenvalue weighted by Gasteiger charge is 2.46. The number of amides is 4. The normalized spacial score (nSPS) is 19.3. The Kier molecular flexibility index (Phi) is 6.12. The molecule has 1 saturated heterocycles. The first-order chi connectivity index (χ1) is 19.2. The van der Waals surface area contributed by atoms with Crippen molar-refractivity contribution in [3.05, 3.63) is 65.6 Å². The van der Waals surface area contributed by atoms with Gasteiger partial charge in [0.2, 0.25) is 5.91 Å². The third-order valence-corrected chi connectivity index (χ3v) is 7.17. The Bertz CT molecular complexity index is 1670. The van der Waals surface area contributed by atoms with Gasteiger partial charge in [0.05, 0.1) is 17.3 Å². The van der Waals surface area contributed by atoms with E-state index < -0.39 is 0 Å². The fourth-order valence-corrected chi connectivity index (χ4v) is 4.86. The lowest BCUT2D eigenvalue weighted by molar-refractivity contribution is -0.124. The van der Waals surface area contributed by atoms with Gasteiger partial charge in [-0.3, -0.25) is 19.4 Å². The summed E-state index contributed by atoms with van der Waals surface area (Å²) in [7, 11) is 1.47. The number of likely N-dealkylation sites (N-methyl/N-ethyl adjacent to an activating group) is 1. The number of hydrogen-bond donors (Lipinski definition) is 2. The van der Waals surface area contributed by atoms with Crippen LogP contribution in [0.4, 0.5) is 22.2 Å². The molecule has 2 aliphatic rings. The Morgan fingerprint density at radius 3 is 2.62 bits per heavy atom. The number of carbonyl (C=O) groups is 3. The van der Waals surface area contributed by atoms with Crippen molar-refractivity contribution in [1.82, 2.24) is 34.4 Å². The van der Waals surface area contributed by atoms with E-state index >= 15 is 0 Å². The number of carbonyl (C=O) groups excluding carboxylic acids is 3. The number of aromatic nitrogens is 6. The fraction of sp³-hybridized carbons (Fsp3) is 0.333. The highest BCUT2D eigenvalue weighted by molar-refractivity contribution is 6.11. The number of pyridine rings is 1. The van der Waals surface area contributed by atoms with Crippen molar-refractivity contribution in [3.8, 4) is 0 Å². The molecule has 0 radical (unpaired) electrons. The summed E-state index contributed by atoms with van der Waals surface area (Å²) in [4.78, 5) is 57.3. The molecule has 13 nitrogen and oxygen atoms in total. The first-order valence-electron chi connectivity index (χ1n) is 13.0. The summed E-state index contributed by atoms with van der Waals surface area (Å²) in [5.74, 6) is 1.54. The molecule has 0 bridgehead atoms. The number of anilines is 3. The van der Waals surface area contributed by atoms with Gasteiger partial charge in [0.25, 0.3) is 5.91 Å². The summed E-state index contributed by atoms with van der Waals surface area (Å²) in [6.45, 7) is 5.73. The van der Waals surface area contributed by atoms with Crippen LogP contribution >= 0.6 is 0 Å². The molecule has 3 atom stereocenters. The van der Waals surface area contributed by atoms with Crippen molar-refractivity contribution in [2.24, 2.45) is 5.92 Å². The van der Waals surface area contributed by atoms with Gasteiger partial charge in [-0.05, 0) is 57.0 Å². The van der Waals surface area contributed by atoms with E-state index in [1.165, 1.54) is 18.3 Å². The lowest BCUT2D eigenvalue weighted by atomic mass is 10.2. The van der Waals surface area contributed by atoms with E-state index in [1.54, 1.807) is 16.8 Å². The van der Waals surface area contributed by atoms with E-state index in [0.29, 0.717) is 35.4 Å². The molecule has 4 aromatic heterocycles. The minimum absolute atomic E-state index is 0.0114. The summed E-state index contributed by atoms with van der Waals surface area (Å²) in [6.07, 6.45) is 3.80. The molecular formula is C27H28N10O3. The number of fused-ring (bicyclic) bond motifs is 1. The Morgan fingerprint density at radius 1 is 1.07 bits per heavy atom. The quantitative estimate of drug-likeness (QED) is 0.337. The molecular weight excluding hydrogens is 512 g/mol. The zero-order valence-corrected chi connectivity index (χ0v) is 22.5. The van der Waals surface area contributed by atoms with Gasteiger partial charge in [-0.1, -0.05) is 0 Å². The second-order valence-electron chi connectivity index (χ2n) is 10.3. The van der Waals surface area contributed by atoms with Crippen LogP contribution < -0.4 is 15.5 Å². The molecule has 2 N–H and O–H groups in total. The van der Waals surface area contributed by atoms with Crippen molar-refractivity contribution in [2.75, 3.05) is 29.1 Å². The highest BCUT2D eigenvalue weighted by atomic mass is 16.2. The number of imide groups is 1. The average molecular weight is 541 g/mol. The monoisotopic (exact) mass is 540 g/mol. The van der Waals surface area contributed by atoms with Crippen molar-refractivity contribution in [2.45, 2.75) is 39.2 Å². The molecule has 5 heterocycles. The van der Waals surface area contributed by atoms with Gasteiger partial charge in [-0.15, -0.1) is 0 Å². The molecule has 0 unspecified atom stereocenters. The molecule has 1 aliphatic heterocycles. The lowest BCUT2D eigenvalue weighted by Gasteiger charge is -2.17. The van der Waals surface area contributed by atoms with Gasteiger partial charge in [0.1, 0.15) is 36.2 Å². The Labute approximate surface area is 229 Å². The summed E-state index contributed by atoms with van der Waals surface area (Å²) < 4.78 is 1.67. The molecule has 6 rings (SSSR count). The zero-order valence-electron chi connectivity index (χ0n) is 22.5. The van der Waals surface area contributed by atoms with Gasteiger partial charge in [-0.2, -0.15) is 5.10 Å². The third kappa shape index (κ3) is 4.70. The molecule has 1 aliphatic carbocycles. The number of urea groups is 1. The minimum atomic E-state index is -0.389. The van der Waals surface area contributed by atoms with Crippen LogP contribution in [0.1, 0.15) is 48.1 Å². The van der Waals surface area contributed by atoms with Crippen LogP contribution in [0.25, 0.3) is 5.52 Å². The molecule has 4 amide bonds. The number of nitrogens with one attached hydrogen (secondary N) is 2. The maximum atomic E-state index is 12.8. The number of hydrogen-bond acceptors (Lipinski definition) is 9. The molecule has 1 saturated carbocycles. The van der Waals surface area contributed by atoms with Crippen molar-refractivity contribution in [1.29, 1.82) is 0 Å². The molecule has 2 fully saturated rings. The first kappa shape index (κ1) is 25.3. The zero-order chi connectivity index (χ0) is 28.1. The van der Waals surface area contributed by atoms with Gasteiger partial charge >= 0.3 is 6.03 Å².